The molecule has 3 nitrogen and oxygen atoms in total. The normalized spacial score (nSPS) is 12.0. The molecule has 0 bridgehead atoms. The number of carboxylic acid groups (broad SMARTS) is 1. The maximum atomic E-state index is 11.2. The SMILES string of the molecule is Cc1cc2ccc(C(C)(C)C(=O)O)cc2n1C. The van der Waals surface area contributed by atoms with Crippen LogP contribution in [0, 0.1) is 6.92 Å². The van der Waals surface area contributed by atoms with Gasteiger partial charge >= 0.3 is 5.97 Å². The Morgan fingerprint density at radius 1 is 1.29 bits per heavy atom. The fourth-order valence-electron chi connectivity index (χ4n) is 1.98. The fraction of sp³-hybridized carbons (Fsp3) is 0.357. The molecule has 0 fully saturated rings. The summed E-state index contributed by atoms with van der Waals surface area (Å²) in [6.45, 7) is 5.50. The molecule has 1 heterocycles. The maximum Gasteiger partial charge on any atom is 0.313 e. The number of aromatic nitrogens is 1. The number of hydrogen-bond donors (Lipinski definition) is 1. The van der Waals surface area contributed by atoms with Gasteiger partial charge in [0, 0.05) is 18.3 Å². The van der Waals surface area contributed by atoms with Crippen molar-refractivity contribution in [3.63, 3.8) is 0 Å². The summed E-state index contributed by atoms with van der Waals surface area (Å²) in [5.41, 5.74) is 2.23. The number of carbonyl (C=O) groups is 1. The highest BCUT2D eigenvalue weighted by Gasteiger charge is 2.29. The van der Waals surface area contributed by atoms with Crippen molar-refractivity contribution < 1.29 is 9.90 Å². The second-order valence-electron chi connectivity index (χ2n) is 5.05. The Bertz CT molecular complexity index is 594. The topological polar surface area (TPSA) is 42.2 Å². The van der Waals surface area contributed by atoms with Gasteiger partial charge in [-0.15, -0.1) is 0 Å². The van der Waals surface area contributed by atoms with Crippen LogP contribution in [0.25, 0.3) is 10.9 Å². The number of aliphatic carboxylic acids is 1. The van der Waals surface area contributed by atoms with Gasteiger partial charge in [-0.2, -0.15) is 0 Å². The molecule has 0 aliphatic carbocycles. The Hall–Kier alpha value is -1.77. The molecule has 0 amide bonds. The van der Waals surface area contributed by atoms with Crippen LogP contribution in [0.3, 0.4) is 0 Å². The molecule has 90 valence electrons. The zero-order chi connectivity index (χ0) is 12.8. The summed E-state index contributed by atoms with van der Waals surface area (Å²) in [7, 11) is 2.00. The third kappa shape index (κ3) is 1.71. The second-order valence-corrected chi connectivity index (χ2v) is 5.05. The van der Waals surface area contributed by atoms with Gasteiger partial charge in [-0.3, -0.25) is 4.79 Å². The van der Waals surface area contributed by atoms with Crippen molar-refractivity contribution in [3.8, 4) is 0 Å². The van der Waals surface area contributed by atoms with E-state index < -0.39 is 11.4 Å². The van der Waals surface area contributed by atoms with Crippen LogP contribution in [0.15, 0.2) is 24.3 Å². The first-order valence-corrected chi connectivity index (χ1v) is 5.64. The van der Waals surface area contributed by atoms with Crippen LogP contribution in [-0.2, 0) is 17.3 Å². The Morgan fingerprint density at radius 3 is 2.53 bits per heavy atom. The van der Waals surface area contributed by atoms with E-state index in [0.29, 0.717) is 0 Å². The lowest BCUT2D eigenvalue weighted by Crippen LogP contribution is -2.28. The van der Waals surface area contributed by atoms with Crippen LogP contribution in [0.2, 0.25) is 0 Å². The molecule has 17 heavy (non-hydrogen) atoms. The van der Waals surface area contributed by atoms with Gasteiger partial charge in [0.25, 0.3) is 0 Å². The molecule has 1 aromatic heterocycles. The van der Waals surface area contributed by atoms with Crippen molar-refractivity contribution in [3.05, 3.63) is 35.5 Å². The van der Waals surface area contributed by atoms with E-state index in [0.717, 1.165) is 16.5 Å². The molecule has 2 rings (SSSR count). The monoisotopic (exact) mass is 231 g/mol. The lowest BCUT2D eigenvalue weighted by atomic mass is 9.84. The second kappa shape index (κ2) is 3.62. The molecular formula is C14H17NO2. The van der Waals surface area contributed by atoms with Crippen molar-refractivity contribution >= 4 is 16.9 Å². The van der Waals surface area contributed by atoms with E-state index in [1.807, 2.05) is 32.2 Å². The van der Waals surface area contributed by atoms with Gasteiger partial charge in [0.15, 0.2) is 0 Å². The van der Waals surface area contributed by atoms with Crippen LogP contribution in [0.5, 0.6) is 0 Å². The van der Waals surface area contributed by atoms with E-state index in [1.54, 1.807) is 13.8 Å². The minimum Gasteiger partial charge on any atom is -0.481 e. The van der Waals surface area contributed by atoms with Crippen molar-refractivity contribution in [1.29, 1.82) is 0 Å². The molecule has 0 atom stereocenters. The minimum atomic E-state index is -0.855. The van der Waals surface area contributed by atoms with Crippen molar-refractivity contribution in [2.24, 2.45) is 7.05 Å². The van der Waals surface area contributed by atoms with Crippen LogP contribution >= 0.6 is 0 Å². The highest BCUT2D eigenvalue weighted by Crippen LogP contribution is 2.28. The molecule has 0 aliphatic rings. The maximum absolute atomic E-state index is 11.2. The molecular weight excluding hydrogens is 214 g/mol. The zero-order valence-electron chi connectivity index (χ0n) is 10.6. The fourth-order valence-corrected chi connectivity index (χ4v) is 1.98. The van der Waals surface area contributed by atoms with E-state index in [1.165, 1.54) is 5.69 Å². The van der Waals surface area contributed by atoms with Gasteiger partial charge < -0.3 is 9.67 Å². The molecule has 0 saturated carbocycles. The van der Waals surface area contributed by atoms with Crippen molar-refractivity contribution in [2.75, 3.05) is 0 Å². The summed E-state index contributed by atoms with van der Waals surface area (Å²) in [6, 6.07) is 7.96. The Labute approximate surface area is 101 Å². The van der Waals surface area contributed by atoms with E-state index in [-0.39, 0.29) is 0 Å². The summed E-state index contributed by atoms with van der Waals surface area (Å²) in [5, 5.41) is 10.4. The number of nitrogens with zero attached hydrogens (tertiary/aromatic N) is 1. The summed E-state index contributed by atoms with van der Waals surface area (Å²) < 4.78 is 2.08. The van der Waals surface area contributed by atoms with Gasteiger partial charge in [0.05, 0.1) is 5.41 Å². The number of hydrogen-bond acceptors (Lipinski definition) is 1. The third-order valence-electron chi connectivity index (χ3n) is 3.54. The summed E-state index contributed by atoms with van der Waals surface area (Å²) in [6.07, 6.45) is 0. The number of aryl methyl sites for hydroxylation is 2. The highest BCUT2D eigenvalue weighted by atomic mass is 16.4. The molecule has 2 aromatic rings. The number of benzene rings is 1. The van der Waals surface area contributed by atoms with E-state index in [9.17, 15) is 9.90 Å². The van der Waals surface area contributed by atoms with E-state index in [4.69, 9.17) is 0 Å². The van der Waals surface area contributed by atoms with Gasteiger partial charge in [-0.05, 0) is 43.9 Å². The van der Waals surface area contributed by atoms with Crippen LogP contribution in [-0.4, -0.2) is 15.6 Å². The number of rotatable bonds is 2. The molecule has 0 saturated heterocycles. The van der Waals surface area contributed by atoms with Crippen LogP contribution < -0.4 is 0 Å². The smallest absolute Gasteiger partial charge is 0.313 e. The van der Waals surface area contributed by atoms with Gasteiger partial charge in [-0.1, -0.05) is 12.1 Å². The Balaban J connectivity index is 2.66. The van der Waals surface area contributed by atoms with Crippen molar-refractivity contribution in [1.82, 2.24) is 4.57 Å². The Kier molecular flexibility index (Phi) is 2.49. The van der Waals surface area contributed by atoms with Gasteiger partial charge in [0.1, 0.15) is 0 Å². The molecule has 0 spiro atoms. The Morgan fingerprint density at radius 2 is 1.94 bits per heavy atom. The van der Waals surface area contributed by atoms with Crippen LogP contribution in [0.4, 0.5) is 0 Å². The number of carboxylic acids is 1. The lowest BCUT2D eigenvalue weighted by Gasteiger charge is -2.19. The van der Waals surface area contributed by atoms with E-state index in [2.05, 4.69) is 10.6 Å². The summed E-state index contributed by atoms with van der Waals surface area (Å²) in [4.78, 5) is 11.2. The first-order chi connectivity index (χ1) is 7.84. The average Bonchev–Trinajstić information content (AvgIpc) is 2.54. The average molecular weight is 231 g/mol. The highest BCUT2D eigenvalue weighted by molar-refractivity contribution is 5.86. The van der Waals surface area contributed by atoms with E-state index >= 15 is 0 Å². The molecule has 1 aromatic carbocycles. The first-order valence-electron chi connectivity index (χ1n) is 5.64. The standard InChI is InChI=1S/C14H17NO2/c1-9-7-10-5-6-11(8-12(10)15(9)4)14(2,3)13(16)17/h5-8H,1-4H3,(H,16,17). The number of fused-ring (bicyclic) bond motifs is 1. The quantitative estimate of drug-likeness (QED) is 0.863. The van der Waals surface area contributed by atoms with Crippen molar-refractivity contribution in [2.45, 2.75) is 26.2 Å². The van der Waals surface area contributed by atoms with Gasteiger partial charge in [-0.25, -0.2) is 0 Å². The molecule has 1 N–H and O–H groups in total. The minimum absolute atomic E-state index is 0.803. The first kappa shape index (κ1) is 11.7. The molecule has 3 heteroatoms. The van der Waals surface area contributed by atoms with Crippen LogP contribution in [0.1, 0.15) is 25.1 Å². The molecule has 0 unspecified atom stereocenters. The van der Waals surface area contributed by atoms with Gasteiger partial charge in [0.2, 0.25) is 0 Å². The summed E-state index contributed by atoms with van der Waals surface area (Å²) >= 11 is 0. The summed E-state index contributed by atoms with van der Waals surface area (Å²) in [5.74, 6) is -0.803. The predicted molar refractivity (Wildman–Crippen MR) is 68.3 cm³/mol. The largest absolute Gasteiger partial charge is 0.481 e. The third-order valence-corrected chi connectivity index (χ3v) is 3.54. The molecule has 0 aliphatic heterocycles. The lowest BCUT2D eigenvalue weighted by molar-refractivity contribution is -0.142. The molecule has 0 radical (unpaired) electrons. The predicted octanol–water partition coefficient (Wildman–Crippen LogP) is 2.85. The zero-order valence-corrected chi connectivity index (χ0v) is 10.6.